The highest BCUT2D eigenvalue weighted by Crippen LogP contribution is 2.21. The number of nitrogens with one attached hydrogen (secondary N) is 1. The number of benzene rings is 1. The third kappa shape index (κ3) is 4.73. The van der Waals surface area contributed by atoms with Crippen LogP contribution in [0.1, 0.15) is 13.3 Å². The van der Waals surface area contributed by atoms with Gasteiger partial charge in [-0.25, -0.2) is 17.2 Å². The number of carbonyl (C=O) groups excluding carboxylic acids is 2. The summed E-state index contributed by atoms with van der Waals surface area (Å²) in [6.45, 7) is 1.94. The molecule has 0 bridgehead atoms. The van der Waals surface area contributed by atoms with E-state index in [9.17, 15) is 26.8 Å². The average Bonchev–Trinajstić information content (AvgIpc) is 2.54. The molecule has 10 heteroatoms. The summed E-state index contributed by atoms with van der Waals surface area (Å²) in [5.41, 5.74) is 0. The quantitative estimate of drug-likeness (QED) is 0.803. The van der Waals surface area contributed by atoms with Gasteiger partial charge in [-0.15, -0.1) is 0 Å². The standard InChI is InChI=1S/C15H19F2N3O4S/c1-11(21)18-5-4-15(22)19-6-8-20(9-7-19)25(23,24)14-3-2-12(16)10-13(14)17/h2-3,10H,4-9H2,1H3,(H,18,21). The lowest BCUT2D eigenvalue weighted by Crippen LogP contribution is -2.51. The first-order valence-corrected chi connectivity index (χ1v) is 9.13. The van der Waals surface area contributed by atoms with E-state index in [1.54, 1.807) is 0 Å². The maximum absolute atomic E-state index is 13.8. The maximum Gasteiger partial charge on any atom is 0.246 e. The number of halogens is 2. The predicted octanol–water partition coefficient (Wildman–Crippen LogP) is 0.324. The molecule has 1 N–H and O–H groups in total. The number of sulfonamides is 1. The summed E-state index contributed by atoms with van der Waals surface area (Å²) in [4.78, 5) is 23.7. The Morgan fingerprint density at radius 2 is 1.80 bits per heavy atom. The topological polar surface area (TPSA) is 86.8 Å². The van der Waals surface area contributed by atoms with E-state index in [1.807, 2.05) is 0 Å². The Morgan fingerprint density at radius 1 is 1.16 bits per heavy atom. The molecule has 0 radical (unpaired) electrons. The third-order valence-electron chi connectivity index (χ3n) is 3.82. The third-order valence-corrected chi connectivity index (χ3v) is 5.75. The fourth-order valence-electron chi connectivity index (χ4n) is 2.50. The van der Waals surface area contributed by atoms with Crippen molar-refractivity contribution in [3.05, 3.63) is 29.8 Å². The first kappa shape index (κ1) is 19.3. The van der Waals surface area contributed by atoms with Crippen molar-refractivity contribution in [2.75, 3.05) is 32.7 Å². The Balaban J connectivity index is 1.97. The van der Waals surface area contributed by atoms with Gasteiger partial charge >= 0.3 is 0 Å². The molecule has 1 aliphatic rings. The smallest absolute Gasteiger partial charge is 0.246 e. The second kappa shape index (κ2) is 7.87. The van der Waals surface area contributed by atoms with Crippen LogP contribution in [-0.2, 0) is 19.6 Å². The molecule has 0 unspecified atom stereocenters. The van der Waals surface area contributed by atoms with Crippen LogP contribution in [0.15, 0.2) is 23.1 Å². The molecule has 0 aromatic heterocycles. The molecule has 25 heavy (non-hydrogen) atoms. The minimum atomic E-state index is -4.09. The van der Waals surface area contributed by atoms with E-state index in [4.69, 9.17) is 0 Å². The van der Waals surface area contributed by atoms with Crippen LogP contribution in [0.25, 0.3) is 0 Å². The van der Waals surface area contributed by atoms with Gasteiger partial charge in [-0.1, -0.05) is 0 Å². The van der Waals surface area contributed by atoms with Crippen molar-refractivity contribution in [2.45, 2.75) is 18.2 Å². The molecule has 7 nitrogen and oxygen atoms in total. The van der Waals surface area contributed by atoms with E-state index in [0.29, 0.717) is 6.07 Å². The van der Waals surface area contributed by atoms with Gasteiger partial charge < -0.3 is 10.2 Å². The maximum atomic E-state index is 13.8. The largest absolute Gasteiger partial charge is 0.356 e. The highest BCUT2D eigenvalue weighted by Gasteiger charge is 2.31. The molecule has 2 rings (SSSR count). The van der Waals surface area contributed by atoms with Crippen LogP contribution in [0.2, 0.25) is 0 Å². The number of hydrogen-bond acceptors (Lipinski definition) is 4. The van der Waals surface area contributed by atoms with Gasteiger partial charge in [-0.2, -0.15) is 4.31 Å². The van der Waals surface area contributed by atoms with Gasteiger partial charge in [0.2, 0.25) is 21.8 Å². The summed E-state index contributed by atoms with van der Waals surface area (Å²) in [6, 6.07) is 2.30. The normalized spacial score (nSPS) is 15.9. The average molecular weight is 375 g/mol. The lowest BCUT2D eigenvalue weighted by molar-refractivity contribution is -0.132. The molecule has 138 valence electrons. The summed E-state index contributed by atoms with van der Waals surface area (Å²) < 4.78 is 52.7. The van der Waals surface area contributed by atoms with Crippen LogP contribution >= 0.6 is 0 Å². The SMILES string of the molecule is CC(=O)NCCC(=O)N1CCN(S(=O)(=O)c2ccc(F)cc2F)CC1. The van der Waals surface area contributed by atoms with Crippen molar-refractivity contribution in [3.63, 3.8) is 0 Å². The van der Waals surface area contributed by atoms with Crippen molar-refractivity contribution in [1.82, 2.24) is 14.5 Å². The highest BCUT2D eigenvalue weighted by atomic mass is 32.2. The minimum absolute atomic E-state index is 0.0189. The second-order valence-electron chi connectivity index (χ2n) is 5.59. The van der Waals surface area contributed by atoms with Gasteiger partial charge in [0.15, 0.2) is 0 Å². The second-order valence-corrected chi connectivity index (χ2v) is 7.50. The zero-order valence-corrected chi connectivity index (χ0v) is 14.5. The fourth-order valence-corrected chi connectivity index (χ4v) is 3.97. The van der Waals surface area contributed by atoms with Crippen LogP contribution in [-0.4, -0.2) is 62.2 Å². The number of amides is 2. The zero-order valence-electron chi connectivity index (χ0n) is 13.7. The number of rotatable bonds is 5. The van der Waals surface area contributed by atoms with Crippen LogP contribution in [0, 0.1) is 11.6 Å². The van der Waals surface area contributed by atoms with Crippen LogP contribution in [0.5, 0.6) is 0 Å². The van der Waals surface area contributed by atoms with Gasteiger partial charge in [-0.3, -0.25) is 9.59 Å². The molecule has 2 amide bonds. The molecule has 1 aromatic carbocycles. The Hall–Kier alpha value is -2.07. The van der Waals surface area contributed by atoms with Gasteiger partial charge in [0.25, 0.3) is 0 Å². The van der Waals surface area contributed by atoms with Crippen molar-refractivity contribution < 1.29 is 26.8 Å². The number of piperazine rings is 1. The van der Waals surface area contributed by atoms with Gasteiger partial charge in [-0.05, 0) is 12.1 Å². The van der Waals surface area contributed by atoms with Crippen LogP contribution in [0.3, 0.4) is 0 Å². The summed E-state index contributed by atoms with van der Waals surface area (Å²) in [5.74, 6) is -2.43. The Morgan fingerprint density at radius 3 is 2.36 bits per heavy atom. The summed E-state index contributed by atoms with van der Waals surface area (Å²) in [6.07, 6.45) is 0.124. The first-order chi connectivity index (χ1) is 11.7. The van der Waals surface area contributed by atoms with E-state index in [0.717, 1.165) is 16.4 Å². The van der Waals surface area contributed by atoms with Crippen molar-refractivity contribution in [1.29, 1.82) is 0 Å². The van der Waals surface area contributed by atoms with E-state index in [1.165, 1.54) is 11.8 Å². The van der Waals surface area contributed by atoms with Gasteiger partial charge in [0.05, 0.1) is 0 Å². The van der Waals surface area contributed by atoms with Gasteiger partial charge in [0, 0.05) is 52.1 Å². The highest BCUT2D eigenvalue weighted by molar-refractivity contribution is 7.89. The number of carbonyl (C=O) groups is 2. The minimum Gasteiger partial charge on any atom is -0.356 e. The predicted molar refractivity (Wildman–Crippen MR) is 85.0 cm³/mol. The molecule has 1 saturated heterocycles. The molecule has 1 heterocycles. The summed E-state index contributed by atoms with van der Waals surface area (Å²) in [5, 5.41) is 2.52. The van der Waals surface area contributed by atoms with E-state index >= 15 is 0 Å². The molecular weight excluding hydrogens is 356 g/mol. The Labute approximate surface area is 144 Å². The monoisotopic (exact) mass is 375 g/mol. The van der Waals surface area contributed by atoms with E-state index in [-0.39, 0.29) is 51.0 Å². The lowest BCUT2D eigenvalue weighted by atomic mass is 10.3. The molecule has 0 aliphatic carbocycles. The molecule has 0 saturated carbocycles. The molecule has 0 spiro atoms. The van der Waals surface area contributed by atoms with Crippen molar-refractivity contribution in [3.8, 4) is 0 Å². The first-order valence-electron chi connectivity index (χ1n) is 7.69. The Bertz CT molecular complexity index is 762. The Kier molecular flexibility index (Phi) is 6.07. The number of hydrogen-bond donors (Lipinski definition) is 1. The molecule has 1 fully saturated rings. The fraction of sp³-hybridized carbons (Fsp3) is 0.467. The molecule has 1 aliphatic heterocycles. The lowest BCUT2D eigenvalue weighted by Gasteiger charge is -2.34. The molecular formula is C15H19F2N3O4S. The van der Waals surface area contributed by atoms with Gasteiger partial charge in [0.1, 0.15) is 16.5 Å². The number of nitrogens with zero attached hydrogens (tertiary/aromatic N) is 2. The van der Waals surface area contributed by atoms with Crippen LogP contribution < -0.4 is 5.32 Å². The molecule has 1 aromatic rings. The van der Waals surface area contributed by atoms with E-state index in [2.05, 4.69) is 5.32 Å². The van der Waals surface area contributed by atoms with E-state index < -0.39 is 26.6 Å². The summed E-state index contributed by atoms with van der Waals surface area (Å²) in [7, 11) is -4.09. The van der Waals surface area contributed by atoms with Crippen molar-refractivity contribution >= 4 is 21.8 Å². The van der Waals surface area contributed by atoms with Crippen molar-refractivity contribution in [2.24, 2.45) is 0 Å². The van der Waals surface area contributed by atoms with Crippen LogP contribution in [0.4, 0.5) is 8.78 Å². The summed E-state index contributed by atoms with van der Waals surface area (Å²) >= 11 is 0. The zero-order chi connectivity index (χ0) is 18.6. The molecule has 0 atom stereocenters.